The minimum absolute atomic E-state index is 0.117. The molecule has 3 heterocycles. The molecule has 0 spiro atoms. The van der Waals surface area contributed by atoms with Gasteiger partial charge in [-0.3, -0.25) is 9.59 Å². The van der Waals surface area contributed by atoms with E-state index in [4.69, 9.17) is 0 Å². The lowest BCUT2D eigenvalue weighted by Crippen LogP contribution is -2.46. The number of rotatable bonds is 9. The van der Waals surface area contributed by atoms with Gasteiger partial charge >= 0.3 is 0 Å². The van der Waals surface area contributed by atoms with Gasteiger partial charge in [0.15, 0.2) is 0 Å². The number of piperazine rings is 1. The van der Waals surface area contributed by atoms with Crippen LogP contribution in [0, 0.1) is 0 Å². The third kappa shape index (κ3) is 6.41. The fraction of sp³-hybridized carbons (Fsp3) is 0.360. The third-order valence-corrected chi connectivity index (χ3v) is 5.97. The lowest BCUT2D eigenvalue weighted by Gasteiger charge is -2.34. The molecule has 0 saturated carbocycles. The van der Waals surface area contributed by atoms with Gasteiger partial charge in [-0.25, -0.2) is 9.97 Å². The molecule has 1 aromatic carbocycles. The largest absolute Gasteiger partial charge is 0.354 e. The summed E-state index contributed by atoms with van der Waals surface area (Å²) >= 11 is 0. The molecule has 1 saturated heterocycles. The third-order valence-electron chi connectivity index (χ3n) is 5.97. The molecular weight excluding hydrogens is 430 g/mol. The van der Waals surface area contributed by atoms with Crippen molar-refractivity contribution >= 4 is 23.3 Å². The van der Waals surface area contributed by atoms with Crippen molar-refractivity contribution in [2.45, 2.75) is 26.4 Å². The van der Waals surface area contributed by atoms with Crippen molar-refractivity contribution in [2.75, 3.05) is 42.9 Å². The molecule has 178 valence electrons. The van der Waals surface area contributed by atoms with E-state index in [9.17, 15) is 9.59 Å². The van der Waals surface area contributed by atoms with Crippen LogP contribution in [0.4, 0.5) is 11.5 Å². The van der Waals surface area contributed by atoms with E-state index in [1.54, 1.807) is 36.8 Å². The van der Waals surface area contributed by atoms with E-state index in [2.05, 4.69) is 37.3 Å². The SMILES string of the molecule is CCN1CCN(c2ccc(CNC(=O)c3cccc(NC(=O)CCn4ccnc4)c3)cn2)CC1. The first kappa shape index (κ1) is 23.4. The zero-order chi connectivity index (χ0) is 23.8. The average Bonchev–Trinajstić information content (AvgIpc) is 3.40. The van der Waals surface area contributed by atoms with Crippen molar-refractivity contribution in [3.8, 4) is 0 Å². The fourth-order valence-electron chi connectivity index (χ4n) is 3.90. The Morgan fingerprint density at radius 1 is 1.09 bits per heavy atom. The van der Waals surface area contributed by atoms with Crippen molar-refractivity contribution in [3.63, 3.8) is 0 Å². The van der Waals surface area contributed by atoms with E-state index >= 15 is 0 Å². The van der Waals surface area contributed by atoms with Gasteiger partial charge in [0.25, 0.3) is 5.91 Å². The van der Waals surface area contributed by atoms with E-state index in [0.717, 1.165) is 44.1 Å². The monoisotopic (exact) mass is 461 g/mol. The number of benzene rings is 1. The van der Waals surface area contributed by atoms with Gasteiger partial charge in [0.2, 0.25) is 5.91 Å². The highest BCUT2D eigenvalue weighted by Gasteiger charge is 2.16. The number of aryl methyl sites for hydroxylation is 1. The summed E-state index contributed by atoms with van der Waals surface area (Å²) in [5, 5.41) is 5.78. The summed E-state index contributed by atoms with van der Waals surface area (Å²) in [7, 11) is 0. The van der Waals surface area contributed by atoms with Crippen LogP contribution in [0.15, 0.2) is 61.3 Å². The van der Waals surface area contributed by atoms with Crippen LogP contribution < -0.4 is 15.5 Å². The molecule has 9 heteroatoms. The maximum atomic E-state index is 12.6. The van der Waals surface area contributed by atoms with Crippen LogP contribution in [0.3, 0.4) is 0 Å². The molecule has 4 rings (SSSR count). The second-order valence-electron chi connectivity index (χ2n) is 8.31. The smallest absolute Gasteiger partial charge is 0.251 e. The number of pyridine rings is 1. The van der Waals surface area contributed by atoms with E-state index < -0.39 is 0 Å². The molecule has 0 bridgehead atoms. The molecule has 0 atom stereocenters. The first-order chi connectivity index (χ1) is 16.6. The molecule has 9 nitrogen and oxygen atoms in total. The van der Waals surface area contributed by atoms with Crippen LogP contribution >= 0.6 is 0 Å². The van der Waals surface area contributed by atoms with E-state index in [1.165, 1.54) is 0 Å². The van der Waals surface area contributed by atoms with Gasteiger partial charge in [-0.05, 0) is 36.4 Å². The van der Waals surface area contributed by atoms with Gasteiger partial charge in [0.05, 0.1) is 6.33 Å². The number of amides is 2. The van der Waals surface area contributed by atoms with E-state index in [0.29, 0.717) is 30.8 Å². The summed E-state index contributed by atoms with van der Waals surface area (Å²) in [6, 6.07) is 11.0. The van der Waals surface area contributed by atoms with Gasteiger partial charge < -0.3 is 25.0 Å². The first-order valence-electron chi connectivity index (χ1n) is 11.7. The molecule has 0 radical (unpaired) electrons. The standard InChI is InChI=1S/C25H31N7O2/c1-2-30-12-14-32(15-13-30)23-7-6-20(17-27-23)18-28-25(34)21-4-3-5-22(16-21)29-24(33)8-10-31-11-9-26-19-31/h3-7,9,11,16-17,19H,2,8,10,12-15,18H2,1H3,(H,28,34)(H,29,33). The maximum Gasteiger partial charge on any atom is 0.251 e. The van der Waals surface area contributed by atoms with Crippen molar-refractivity contribution in [3.05, 3.63) is 72.4 Å². The Bertz CT molecular complexity index is 1070. The van der Waals surface area contributed by atoms with Crippen molar-refractivity contribution in [2.24, 2.45) is 0 Å². The Balaban J connectivity index is 1.25. The molecule has 1 aliphatic rings. The summed E-state index contributed by atoms with van der Waals surface area (Å²) < 4.78 is 1.84. The molecule has 0 unspecified atom stereocenters. The molecule has 34 heavy (non-hydrogen) atoms. The van der Waals surface area contributed by atoms with E-state index in [-0.39, 0.29) is 11.8 Å². The predicted molar refractivity (Wildman–Crippen MR) is 132 cm³/mol. The quantitative estimate of drug-likeness (QED) is 0.508. The molecule has 1 fully saturated rings. The fourth-order valence-corrected chi connectivity index (χ4v) is 3.90. The number of nitrogens with one attached hydrogen (secondary N) is 2. The molecule has 2 N–H and O–H groups in total. The number of carbonyl (C=O) groups is 2. The highest BCUT2D eigenvalue weighted by Crippen LogP contribution is 2.15. The summed E-state index contributed by atoms with van der Waals surface area (Å²) in [5.74, 6) is 0.658. The number of imidazole rings is 1. The lowest BCUT2D eigenvalue weighted by atomic mass is 10.1. The normalized spacial score (nSPS) is 14.1. The summed E-state index contributed by atoms with van der Waals surface area (Å²) in [4.78, 5) is 38.1. The van der Waals surface area contributed by atoms with Crippen LogP contribution in [0.2, 0.25) is 0 Å². The van der Waals surface area contributed by atoms with Crippen LogP contribution in [0.25, 0.3) is 0 Å². The minimum atomic E-state index is -0.200. The summed E-state index contributed by atoms with van der Waals surface area (Å²) in [6.45, 7) is 8.28. The number of nitrogens with zero attached hydrogens (tertiary/aromatic N) is 5. The number of hydrogen-bond donors (Lipinski definition) is 2. The number of likely N-dealkylation sites (N-methyl/N-ethyl adjacent to an activating group) is 1. The molecule has 2 aromatic heterocycles. The number of anilines is 2. The average molecular weight is 462 g/mol. The van der Waals surface area contributed by atoms with Crippen LogP contribution in [0.5, 0.6) is 0 Å². The van der Waals surface area contributed by atoms with Gasteiger partial charge in [-0.15, -0.1) is 0 Å². The van der Waals surface area contributed by atoms with Gasteiger partial charge in [-0.2, -0.15) is 0 Å². The Hall–Kier alpha value is -3.72. The highest BCUT2D eigenvalue weighted by atomic mass is 16.2. The Morgan fingerprint density at radius 3 is 2.65 bits per heavy atom. The maximum absolute atomic E-state index is 12.6. The van der Waals surface area contributed by atoms with Crippen molar-refractivity contribution in [1.82, 2.24) is 24.8 Å². The molecular formula is C25H31N7O2. The Kier molecular flexibility index (Phi) is 7.87. The molecule has 0 aliphatic carbocycles. The van der Waals surface area contributed by atoms with Crippen LogP contribution in [-0.4, -0.2) is 64.0 Å². The highest BCUT2D eigenvalue weighted by molar-refractivity contribution is 5.97. The Morgan fingerprint density at radius 2 is 1.94 bits per heavy atom. The lowest BCUT2D eigenvalue weighted by molar-refractivity contribution is -0.116. The number of hydrogen-bond acceptors (Lipinski definition) is 6. The van der Waals surface area contributed by atoms with Crippen LogP contribution in [0.1, 0.15) is 29.3 Å². The summed E-state index contributed by atoms with van der Waals surface area (Å²) in [5.41, 5.74) is 2.02. The Labute approximate surface area is 199 Å². The van der Waals surface area contributed by atoms with Crippen LogP contribution in [-0.2, 0) is 17.9 Å². The number of carbonyl (C=O) groups excluding carboxylic acids is 2. The molecule has 1 aliphatic heterocycles. The van der Waals surface area contributed by atoms with Crippen molar-refractivity contribution in [1.29, 1.82) is 0 Å². The van der Waals surface area contributed by atoms with Gasteiger partial charge in [0, 0.05) is 75.5 Å². The van der Waals surface area contributed by atoms with Gasteiger partial charge in [-0.1, -0.05) is 19.1 Å². The zero-order valence-corrected chi connectivity index (χ0v) is 19.5. The van der Waals surface area contributed by atoms with Crippen molar-refractivity contribution < 1.29 is 9.59 Å². The van der Waals surface area contributed by atoms with E-state index in [1.807, 2.05) is 29.1 Å². The first-order valence-corrected chi connectivity index (χ1v) is 11.7. The number of aromatic nitrogens is 3. The summed E-state index contributed by atoms with van der Waals surface area (Å²) in [6.07, 6.45) is 7.31. The van der Waals surface area contributed by atoms with Gasteiger partial charge in [0.1, 0.15) is 5.82 Å². The predicted octanol–water partition coefficient (Wildman–Crippen LogP) is 2.38. The minimum Gasteiger partial charge on any atom is -0.354 e. The zero-order valence-electron chi connectivity index (χ0n) is 19.5. The second-order valence-corrected chi connectivity index (χ2v) is 8.31. The second kappa shape index (κ2) is 11.4. The molecule has 2 amide bonds. The molecule has 3 aromatic rings. The topological polar surface area (TPSA) is 95.4 Å².